The Morgan fingerprint density at radius 1 is 0.800 bits per heavy atom. The smallest absolute Gasteiger partial charge is 0.458 e. The third-order valence-corrected chi connectivity index (χ3v) is 2.15. The van der Waals surface area contributed by atoms with E-state index in [1.165, 1.54) is 0 Å². The molecule has 0 saturated heterocycles. The van der Waals surface area contributed by atoms with Crippen molar-refractivity contribution in [2.45, 2.75) is 12.1 Å². The molecule has 1 rings (SSSR count). The topological polar surface area (TPSA) is 37.3 Å². The lowest BCUT2D eigenvalue weighted by Gasteiger charge is -2.22. The number of rotatable bonds is 2. The molecule has 1 aromatic rings. The third kappa shape index (κ3) is 2.16. The molecule has 0 fully saturated rings. The van der Waals surface area contributed by atoms with Gasteiger partial charge >= 0.3 is 18.1 Å². The number of hydrogen-bond donors (Lipinski definition) is 1. The van der Waals surface area contributed by atoms with E-state index in [1.54, 1.807) is 0 Å². The van der Waals surface area contributed by atoms with Crippen LogP contribution in [0.1, 0.15) is 15.9 Å². The van der Waals surface area contributed by atoms with Gasteiger partial charge < -0.3 is 5.11 Å². The van der Waals surface area contributed by atoms with Gasteiger partial charge in [0.1, 0.15) is 5.56 Å². The quantitative estimate of drug-likeness (QED) is 0.515. The average Bonchev–Trinajstić information content (AvgIpc) is 2.28. The van der Waals surface area contributed by atoms with Crippen LogP contribution in [0, 0.1) is 23.3 Å². The Morgan fingerprint density at radius 3 is 1.55 bits per heavy atom. The fourth-order valence-electron chi connectivity index (χ4n) is 1.27. The summed E-state index contributed by atoms with van der Waals surface area (Å²) in [6, 6.07) is 0. The van der Waals surface area contributed by atoms with Crippen LogP contribution in [-0.2, 0) is 5.92 Å². The Labute approximate surface area is 103 Å². The molecule has 11 heteroatoms. The predicted molar refractivity (Wildman–Crippen MR) is 43.2 cm³/mol. The molecule has 0 heterocycles. The second-order valence-corrected chi connectivity index (χ2v) is 3.38. The van der Waals surface area contributed by atoms with E-state index in [2.05, 4.69) is 0 Å². The Hall–Kier alpha value is -1.94. The summed E-state index contributed by atoms with van der Waals surface area (Å²) in [5.74, 6) is -20.9. The van der Waals surface area contributed by atoms with Gasteiger partial charge in [-0.05, 0) is 0 Å². The number of carboxylic acid groups (broad SMARTS) is 1. The maximum Gasteiger partial charge on any atom is 0.458 e. The van der Waals surface area contributed by atoms with Crippen molar-refractivity contribution in [2.24, 2.45) is 0 Å². The van der Waals surface area contributed by atoms with Crippen LogP contribution in [0.25, 0.3) is 0 Å². The Bertz CT molecular complexity index is 576. The predicted octanol–water partition coefficient (Wildman–Crippen LogP) is 3.60. The van der Waals surface area contributed by atoms with E-state index >= 15 is 0 Å². The maximum atomic E-state index is 13.1. The number of alkyl halides is 5. The lowest BCUT2D eigenvalue weighted by Crippen LogP contribution is -2.37. The highest BCUT2D eigenvalue weighted by Crippen LogP contribution is 2.47. The molecule has 0 atom stereocenters. The van der Waals surface area contributed by atoms with Gasteiger partial charge in [-0.2, -0.15) is 22.0 Å². The minimum atomic E-state index is -6.55. The van der Waals surface area contributed by atoms with Gasteiger partial charge in [-0.3, -0.25) is 0 Å². The molecular weight excluding hydrogens is 311 g/mol. The van der Waals surface area contributed by atoms with Crippen molar-refractivity contribution in [3.8, 4) is 0 Å². The van der Waals surface area contributed by atoms with Crippen LogP contribution in [-0.4, -0.2) is 17.3 Å². The fraction of sp³-hybridized carbons (Fsp3) is 0.222. The van der Waals surface area contributed by atoms with Crippen LogP contribution >= 0.6 is 0 Å². The highest BCUT2D eigenvalue weighted by molar-refractivity contribution is 5.90. The van der Waals surface area contributed by atoms with Gasteiger partial charge in [0.15, 0.2) is 23.3 Å². The molecule has 2 nitrogen and oxygen atoms in total. The van der Waals surface area contributed by atoms with Gasteiger partial charge in [-0.25, -0.2) is 22.4 Å². The third-order valence-electron chi connectivity index (χ3n) is 2.15. The number of benzene rings is 1. The van der Waals surface area contributed by atoms with Gasteiger partial charge in [-0.1, -0.05) is 0 Å². The minimum absolute atomic E-state index is 2.64. The van der Waals surface area contributed by atoms with E-state index in [1.807, 2.05) is 0 Å². The first-order valence-corrected chi connectivity index (χ1v) is 4.38. The molecule has 0 aliphatic heterocycles. The molecule has 0 aromatic heterocycles. The summed E-state index contributed by atoms with van der Waals surface area (Å²) in [4.78, 5) is 10.4. The first kappa shape index (κ1) is 16.1. The molecule has 0 aliphatic rings. The van der Waals surface area contributed by atoms with E-state index in [9.17, 15) is 44.3 Å². The number of carboxylic acids is 1. The number of halogens is 9. The van der Waals surface area contributed by atoms with Gasteiger partial charge in [0, 0.05) is 0 Å². The van der Waals surface area contributed by atoms with Crippen molar-refractivity contribution in [2.75, 3.05) is 0 Å². The second-order valence-electron chi connectivity index (χ2n) is 3.38. The van der Waals surface area contributed by atoms with Crippen molar-refractivity contribution in [3.05, 3.63) is 34.4 Å². The molecule has 0 amide bonds. The lowest BCUT2D eigenvalue weighted by atomic mass is 9.98. The summed E-state index contributed by atoms with van der Waals surface area (Å²) in [6.07, 6.45) is -6.55. The summed E-state index contributed by atoms with van der Waals surface area (Å²) in [6.45, 7) is 0. The van der Waals surface area contributed by atoms with Gasteiger partial charge in [-0.15, -0.1) is 0 Å². The molecule has 0 bridgehead atoms. The van der Waals surface area contributed by atoms with Crippen LogP contribution in [0.15, 0.2) is 0 Å². The lowest BCUT2D eigenvalue weighted by molar-refractivity contribution is -0.290. The standard InChI is InChI=1S/C9HF9O2/c10-3-1(7(19)20)2(4(11)6(13)5(3)12)8(14,15)9(16,17)18/h(H,19,20). The minimum Gasteiger partial charge on any atom is -0.478 e. The molecule has 0 unspecified atom stereocenters. The summed E-state index contributed by atoms with van der Waals surface area (Å²) in [5, 5.41) is 8.32. The van der Waals surface area contributed by atoms with E-state index < -0.39 is 52.5 Å². The summed E-state index contributed by atoms with van der Waals surface area (Å²) >= 11 is 0. The Kier molecular flexibility index (Phi) is 3.68. The molecular formula is C9HF9O2. The molecule has 1 aromatic carbocycles. The second kappa shape index (κ2) is 4.56. The molecule has 20 heavy (non-hydrogen) atoms. The molecule has 0 spiro atoms. The molecule has 0 radical (unpaired) electrons. The van der Waals surface area contributed by atoms with Crippen molar-refractivity contribution in [1.82, 2.24) is 0 Å². The average molecular weight is 312 g/mol. The first-order valence-electron chi connectivity index (χ1n) is 4.38. The van der Waals surface area contributed by atoms with Crippen LogP contribution in [0.3, 0.4) is 0 Å². The van der Waals surface area contributed by atoms with E-state index in [4.69, 9.17) is 5.11 Å². The molecule has 1 N–H and O–H groups in total. The summed E-state index contributed by atoms with van der Waals surface area (Å²) in [7, 11) is 0. The molecule has 0 aliphatic carbocycles. The highest BCUT2D eigenvalue weighted by atomic mass is 19.4. The highest BCUT2D eigenvalue weighted by Gasteiger charge is 2.62. The zero-order chi connectivity index (χ0) is 16.0. The summed E-state index contributed by atoms with van der Waals surface area (Å²) < 4.78 is 114. The van der Waals surface area contributed by atoms with E-state index in [0.29, 0.717) is 0 Å². The first-order chi connectivity index (χ1) is 8.84. The van der Waals surface area contributed by atoms with Crippen molar-refractivity contribution in [1.29, 1.82) is 0 Å². The van der Waals surface area contributed by atoms with E-state index in [0.717, 1.165) is 0 Å². The van der Waals surface area contributed by atoms with Crippen LogP contribution in [0.5, 0.6) is 0 Å². The monoisotopic (exact) mass is 312 g/mol. The van der Waals surface area contributed by atoms with Crippen LogP contribution in [0.4, 0.5) is 39.5 Å². The van der Waals surface area contributed by atoms with E-state index in [-0.39, 0.29) is 0 Å². The molecule has 0 saturated carbocycles. The number of aromatic carboxylic acids is 1. The normalized spacial score (nSPS) is 12.7. The van der Waals surface area contributed by atoms with Crippen molar-refractivity contribution in [3.63, 3.8) is 0 Å². The van der Waals surface area contributed by atoms with Crippen molar-refractivity contribution >= 4 is 5.97 Å². The SMILES string of the molecule is O=C(O)c1c(F)c(F)c(F)c(F)c1C(F)(F)C(F)(F)F. The number of carbonyl (C=O) groups is 1. The zero-order valence-electron chi connectivity index (χ0n) is 8.76. The molecule has 112 valence electrons. The van der Waals surface area contributed by atoms with Gasteiger partial charge in [0.2, 0.25) is 0 Å². The fourth-order valence-corrected chi connectivity index (χ4v) is 1.27. The van der Waals surface area contributed by atoms with Crippen LogP contribution < -0.4 is 0 Å². The maximum absolute atomic E-state index is 13.1. The zero-order valence-corrected chi connectivity index (χ0v) is 8.76. The number of hydrogen-bond acceptors (Lipinski definition) is 1. The van der Waals surface area contributed by atoms with Gasteiger partial charge in [0.05, 0.1) is 5.56 Å². The van der Waals surface area contributed by atoms with Crippen molar-refractivity contribution < 1.29 is 49.4 Å². The van der Waals surface area contributed by atoms with Crippen LogP contribution in [0.2, 0.25) is 0 Å². The Balaban J connectivity index is 3.93. The largest absolute Gasteiger partial charge is 0.478 e. The summed E-state index contributed by atoms with van der Waals surface area (Å²) in [5.41, 5.74) is -5.77. The van der Waals surface area contributed by atoms with Gasteiger partial charge in [0.25, 0.3) is 0 Å². The Morgan fingerprint density at radius 2 is 1.20 bits per heavy atom.